The first kappa shape index (κ1) is 15.6. The Morgan fingerprint density at radius 3 is 2.88 bits per heavy atom. The van der Waals surface area contributed by atoms with Gasteiger partial charge < -0.3 is 14.2 Å². The van der Waals surface area contributed by atoms with Crippen LogP contribution in [0.3, 0.4) is 0 Å². The summed E-state index contributed by atoms with van der Waals surface area (Å²) in [4.78, 5) is 23.0. The maximum absolute atomic E-state index is 12.9. The van der Waals surface area contributed by atoms with Gasteiger partial charge in [-0.1, -0.05) is 0 Å². The van der Waals surface area contributed by atoms with Gasteiger partial charge in [-0.2, -0.15) is 0 Å². The number of pyridine rings is 1. The van der Waals surface area contributed by atoms with Gasteiger partial charge in [-0.3, -0.25) is 4.79 Å². The highest BCUT2D eigenvalue weighted by Gasteiger charge is 2.28. The maximum atomic E-state index is 12.9. The van der Waals surface area contributed by atoms with Gasteiger partial charge in [0, 0.05) is 26.2 Å². The highest BCUT2D eigenvalue weighted by Crippen LogP contribution is 2.21. The van der Waals surface area contributed by atoms with Crippen molar-refractivity contribution in [1.29, 1.82) is 0 Å². The zero-order valence-electron chi connectivity index (χ0n) is 13.7. The molecule has 2 aromatic heterocycles. The van der Waals surface area contributed by atoms with E-state index in [1.807, 2.05) is 11.6 Å². The lowest BCUT2D eigenvalue weighted by molar-refractivity contribution is 0.0772. The summed E-state index contributed by atoms with van der Waals surface area (Å²) in [6.45, 7) is 1.11. The fourth-order valence-electron chi connectivity index (χ4n) is 3.03. The zero-order valence-corrected chi connectivity index (χ0v) is 13.7. The number of hydrogen-bond donors (Lipinski definition) is 0. The molecule has 1 fully saturated rings. The highest BCUT2D eigenvalue weighted by atomic mass is 19.1. The van der Waals surface area contributed by atoms with Crippen LogP contribution in [0.5, 0.6) is 5.75 Å². The molecule has 1 atom stereocenters. The van der Waals surface area contributed by atoms with Crippen molar-refractivity contribution in [1.82, 2.24) is 19.4 Å². The number of nitrogens with zero attached hydrogens (tertiary/aromatic N) is 4. The van der Waals surface area contributed by atoms with E-state index in [-0.39, 0.29) is 17.8 Å². The fourth-order valence-corrected chi connectivity index (χ4v) is 3.03. The number of imidazole rings is 1. The first-order valence-corrected chi connectivity index (χ1v) is 8.09. The SMILES string of the molecule is Cn1cnc2cc(C(=O)N3CC[C@@H](Oc4ccc(F)cc4)C3)cnc21. The van der Waals surface area contributed by atoms with Crippen LogP contribution in [0.4, 0.5) is 4.39 Å². The lowest BCUT2D eigenvalue weighted by Crippen LogP contribution is -2.31. The van der Waals surface area contributed by atoms with E-state index in [9.17, 15) is 9.18 Å². The summed E-state index contributed by atoms with van der Waals surface area (Å²) >= 11 is 0. The number of aryl methyl sites for hydroxylation is 1. The molecule has 25 heavy (non-hydrogen) atoms. The van der Waals surface area contributed by atoms with E-state index in [0.29, 0.717) is 29.9 Å². The molecule has 0 radical (unpaired) electrons. The molecule has 128 valence electrons. The monoisotopic (exact) mass is 340 g/mol. The van der Waals surface area contributed by atoms with Gasteiger partial charge >= 0.3 is 0 Å². The molecule has 0 N–H and O–H groups in total. The lowest BCUT2D eigenvalue weighted by Gasteiger charge is -2.17. The number of amides is 1. The Labute approximate surface area is 143 Å². The van der Waals surface area contributed by atoms with Gasteiger partial charge in [-0.05, 0) is 30.3 Å². The van der Waals surface area contributed by atoms with Gasteiger partial charge in [-0.25, -0.2) is 14.4 Å². The summed E-state index contributed by atoms with van der Waals surface area (Å²) in [6.07, 6.45) is 3.90. The number of fused-ring (bicyclic) bond motifs is 1. The fraction of sp³-hybridized carbons (Fsp3) is 0.278. The number of aromatic nitrogens is 3. The maximum Gasteiger partial charge on any atom is 0.255 e. The molecule has 1 saturated heterocycles. The van der Waals surface area contributed by atoms with Crippen LogP contribution in [0.15, 0.2) is 42.9 Å². The number of benzene rings is 1. The van der Waals surface area contributed by atoms with Crippen molar-refractivity contribution in [2.45, 2.75) is 12.5 Å². The molecule has 1 amide bonds. The molecular weight excluding hydrogens is 323 g/mol. The Morgan fingerprint density at radius 1 is 1.28 bits per heavy atom. The molecule has 1 aliphatic rings. The summed E-state index contributed by atoms with van der Waals surface area (Å²) in [5.74, 6) is 0.232. The number of carbonyl (C=O) groups excluding carboxylic acids is 1. The number of ether oxygens (including phenoxy) is 1. The van der Waals surface area contributed by atoms with E-state index in [1.165, 1.54) is 12.1 Å². The number of halogens is 1. The van der Waals surface area contributed by atoms with Gasteiger partial charge in [0.1, 0.15) is 23.2 Å². The van der Waals surface area contributed by atoms with Crippen LogP contribution >= 0.6 is 0 Å². The molecule has 6 nitrogen and oxygen atoms in total. The second kappa shape index (κ2) is 6.16. The van der Waals surface area contributed by atoms with Crippen molar-refractivity contribution in [3.05, 3.63) is 54.2 Å². The molecule has 1 aromatic carbocycles. The molecule has 3 aromatic rings. The third-order valence-electron chi connectivity index (χ3n) is 4.35. The summed E-state index contributed by atoms with van der Waals surface area (Å²) in [5.41, 5.74) is 1.97. The molecule has 0 spiro atoms. The van der Waals surface area contributed by atoms with Crippen molar-refractivity contribution in [3.8, 4) is 5.75 Å². The summed E-state index contributed by atoms with van der Waals surface area (Å²) in [5, 5.41) is 0. The minimum Gasteiger partial charge on any atom is -0.489 e. The van der Waals surface area contributed by atoms with E-state index < -0.39 is 0 Å². The molecule has 3 heterocycles. The standard InChI is InChI=1S/C18H17FN4O2/c1-22-11-21-16-8-12(9-20-17(16)22)18(24)23-7-6-15(10-23)25-14-4-2-13(19)3-5-14/h2-5,8-9,11,15H,6-7,10H2,1H3/t15-/m1/s1. The quantitative estimate of drug-likeness (QED) is 0.735. The van der Waals surface area contributed by atoms with Gasteiger partial charge in [0.15, 0.2) is 5.65 Å². The molecule has 0 saturated carbocycles. The smallest absolute Gasteiger partial charge is 0.255 e. The van der Waals surface area contributed by atoms with Crippen LogP contribution in [-0.2, 0) is 7.05 Å². The van der Waals surface area contributed by atoms with E-state index in [1.54, 1.807) is 35.6 Å². The van der Waals surface area contributed by atoms with Crippen LogP contribution in [-0.4, -0.2) is 44.5 Å². The Bertz CT molecular complexity index is 922. The van der Waals surface area contributed by atoms with Crippen molar-refractivity contribution in [2.24, 2.45) is 7.05 Å². The largest absolute Gasteiger partial charge is 0.489 e. The third-order valence-corrected chi connectivity index (χ3v) is 4.35. The second-order valence-corrected chi connectivity index (χ2v) is 6.16. The molecule has 4 rings (SSSR count). The van der Waals surface area contributed by atoms with E-state index in [0.717, 1.165) is 12.1 Å². The Morgan fingerprint density at radius 2 is 2.08 bits per heavy atom. The van der Waals surface area contributed by atoms with Crippen molar-refractivity contribution in [2.75, 3.05) is 13.1 Å². The number of rotatable bonds is 3. The molecule has 7 heteroatoms. The summed E-state index contributed by atoms with van der Waals surface area (Å²) in [6, 6.07) is 7.68. The predicted octanol–water partition coefficient (Wildman–Crippen LogP) is 2.40. The Hall–Kier alpha value is -2.96. The first-order valence-electron chi connectivity index (χ1n) is 8.09. The molecule has 0 unspecified atom stereocenters. The Balaban J connectivity index is 1.44. The van der Waals surface area contributed by atoms with Crippen molar-refractivity contribution in [3.63, 3.8) is 0 Å². The van der Waals surface area contributed by atoms with Crippen LogP contribution in [0.25, 0.3) is 11.2 Å². The Kier molecular flexibility index (Phi) is 3.83. The third kappa shape index (κ3) is 3.05. The van der Waals surface area contributed by atoms with E-state index in [4.69, 9.17) is 4.74 Å². The molecule has 1 aliphatic heterocycles. The first-order chi connectivity index (χ1) is 12.1. The summed E-state index contributed by atoms with van der Waals surface area (Å²) < 4.78 is 20.6. The summed E-state index contributed by atoms with van der Waals surface area (Å²) in [7, 11) is 1.86. The van der Waals surface area contributed by atoms with E-state index in [2.05, 4.69) is 9.97 Å². The minimum absolute atomic E-state index is 0.0785. The lowest BCUT2D eigenvalue weighted by atomic mass is 10.2. The molecular formula is C18H17FN4O2. The molecule has 0 bridgehead atoms. The van der Waals surface area contributed by atoms with Gasteiger partial charge in [-0.15, -0.1) is 0 Å². The predicted molar refractivity (Wildman–Crippen MR) is 89.8 cm³/mol. The average Bonchev–Trinajstić information content (AvgIpc) is 3.23. The van der Waals surface area contributed by atoms with E-state index >= 15 is 0 Å². The van der Waals surface area contributed by atoms with Crippen LogP contribution < -0.4 is 4.74 Å². The van der Waals surface area contributed by atoms with Gasteiger partial charge in [0.25, 0.3) is 5.91 Å². The number of carbonyl (C=O) groups is 1. The van der Waals surface area contributed by atoms with Gasteiger partial charge in [0.2, 0.25) is 0 Å². The normalized spacial score (nSPS) is 17.2. The highest BCUT2D eigenvalue weighted by molar-refractivity contribution is 5.96. The van der Waals surface area contributed by atoms with Crippen molar-refractivity contribution < 1.29 is 13.9 Å². The van der Waals surface area contributed by atoms with Crippen LogP contribution in [0.2, 0.25) is 0 Å². The number of hydrogen-bond acceptors (Lipinski definition) is 4. The van der Waals surface area contributed by atoms with Crippen LogP contribution in [0.1, 0.15) is 16.8 Å². The molecule has 0 aliphatic carbocycles. The minimum atomic E-state index is -0.298. The van der Waals surface area contributed by atoms with Crippen LogP contribution in [0, 0.1) is 5.82 Å². The average molecular weight is 340 g/mol. The topological polar surface area (TPSA) is 60.2 Å². The van der Waals surface area contributed by atoms with Gasteiger partial charge in [0.05, 0.1) is 18.4 Å². The number of likely N-dealkylation sites (tertiary alicyclic amines) is 1. The second-order valence-electron chi connectivity index (χ2n) is 6.16. The van der Waals surface area contributed by atoms with Crippen molar-refractivity contribution >= 4 is 17.1 Å². The zero-order chi connectivity index (χ0) is 17.4.